The summed E-state index contributed by atoms with van der Waals surface area (Å²) in [6.07, 6.45) is 10.0. The number of fused-ring (bicyclic) bond motifs is 1. The van der Waals surface area contributed by atoms with E-state index in [2.05, 4.69) is 26.2 Å². The van der Waals surface area contributed by atoms with Gasteiger partial charge in [-0.2, -0.15) is 5.10 Å². The van der Waals surface area contributed by atoms with Gasteiger partial charge in [0, 0.05) is 41.7 Å². The molecule has 0 N–H and O–H groups in total. The zero-order valence-electron chi connectivity index (χ0n) is 14.4. The summed E-state index contributed by atoms with van der Waals surface area (Å²) in [7, 11) is 0. The quantitative estimate of drug-likeness (QED) is 0.664. The Hall–Kier alpha value is -2.02. The molecule has 0 aliphatic carbocycles. The molecule has 0 radical (unpaired) electrons. The molecule has 0 amide bonds. The first-order chi connectivity index (χ1) is 12.7. The molecule has 5 heterocycles. The van der Waals surface area contributed by atoms with Gasteiger partial charge >= 0.3 is 0 Å². The molecule has 0 unspecified atom stereocenters. The predicted octanol–water partition coefficient (Wildman–Crippen LogP) is 3.06. The van der Waals surface area contributed by atoms with E-state index in [0.29, 0.717) is 10.6 Å². The van der Waals surface area contributed by atoms with Crippen LogP contribution < -0.4 is 0 Å². The SMILES string of the molecule is Clc1cc(-c2cnn3cc(CN4CCC5(CC4)COC5)cnc23)ccn1. The second-order valence-corrected chi connectivity index (χ2v) is 7.81. The molecule has 0 atom stereocenters. The molecule has 2 aliphatic heterocycles. The minimum atomic E-state index is 0.471. The summed E-state index contributed by atoms with van der Waals surface area (Å²) in [5, 5.41) is 4.95. The van der Waals surface area contributed by atoms with E-state index in [-0.39, 0.29) is 0 Å². The van der Waals surface area contributed by atoms with Crippen LogP contribution in [-0.4, -0.2) is 50.8 Å². The van der Waals surface area contributed by atoms with Gasteiger partial charge in [0.2, 0.25) is 0 Å². The number of piperidine rings is 1. The number of rotatable bonds is 3. The van der Waals surface area contributed by atoms with Crippen molar-refractivity contribution in [3.63, 3.8) is 0 Å². The van der Waals surface area contributed by atoms with Crippen molar-refractivity contribution in [2.24, 2.45) is 5.41 Å². The fourth-order valence-corrected chi connectivity index (χ4v) is 4.07. The van der Waals surface area contributed by atoms with E-state index < -0.39 is 0 Å². The van der Waals surface area contributed by atoms with Crippen molar-refractivity contribution in [2.45, 2.75) is 19.4 Å². The molecule has 0 saturated carbocycles. The zero-order chi connectivity index (χ0) is 17.6. The number of aromatic nitrogens is 4. The van der Waals surface area contributed by atoms with Crippen LogP contribution in [0, 0.1) is 5.41 Å². The van der Waals surface area contributed by atoms with Crippen LogP contribution in [0.4, 0.5) is 0 Å². The number of pyridine rings is 1. The lowest BCUT2D eigenvalue weighted by Crippen LogP contribution is -2.50. The third-order valence-electron chi connectivity index (χ3n) is 5.59. The topological polar surface area (TPSA) is 55.5 Å². The van der Waals surface area contributed by atoms with Gasteiger partial charge in [0.1, 0.15) is 5.15 Å². The Morgan fingerprint density at radius 3 is 2.73 bits per heavy atom. The average molecular weight is 370 g/mol. The summed E-state index contributed by atoms with van der Waals surface area (Å²) in [5.41, 5.74) is 4.43. The highest BCUT2D eigenvalue weighted by Gasteiger charge is 2.40. The van der Waals surface area contributed by atoms with Crippen molar-refractivity contribution in [1.82, 2.24) is 24.5 Å². The summed E-state index contributed by atoms with van der Waals surface area (Å²) in [4.78, 5) is 11.2. The number of halogens is 1. The highest BCUT2D eigenvalue weighted by Crippen LogP contribution is 2.38. The van der Waals surface area contributed by atoms with Crippen LogP contribution in [0.1, 0.15) is 18.4 Å². The molecule has 0 aromatic carbocycles. The van der Waals surface area contributed by atoms with E-state index in [4.69, 9.17) is 16.3 Å². The normalized spacial score (nSPS) is 19.7. The lowest BCUT2D eigenvalue weighted by Gasteiger charge is -2.47. The molecular weight excluding hydrogens is 350 g/mol. The summed E-state index contributed by atoms with van der Waals surface area (Å²) in [6.45, 7) is 5.06. The molecule has 0 bridgehead atoms. The van der Waals surface area contributed by atoms with Crippen LogP contribution in [-0.2, 0) is 11.3 Å². The fourth-order valence-electron chi connectivity index (χ4n) is 3.89. The molecule has 7 heteroatoms. The largest absolute Gasteiger partial charge is 0.380 e. The minimum absolute atomic E-state index is 0.471. The molecule has 3 aromatic rings. The van der Waals surface area contributed by atoms with Gasteiger partial charge < -0.3 is 4.74 Å². The summed E-state index contributed by atoms with van der Waals surface area (Å²) in [6, 6.07) is 3.76. The smallest absolute Gasteiger partial charge is 0.162 e. The van der Waals surface area contributed by atoms with Gasteiger partial charge in [0.05, 0.1) is 19.4 Å². The Morgan fingerprint density at radius 2 is 2.00 bits per heavy atom. The average Bonchev–Trinajstić information content (AvgIpc) is 3.04. The number of ether oxygens (including phenoxy) is 1. The molecule has 26 heavy (non-hydrogen) atoms. The molecule has 5 rings (SSSR count). The fraction of sp³-hybridized carbons (Fsp3) is 0.421. The van der Waals surface area contributed by atoms with E-state index in [1.165, 1.54) is 18.4 Å². The van der Waals surface area contributed by atoms with Crippen molar-refractivity contribution >= 4 is 17.2 Å². The van der Waals surface area contributed by atoms with Crippen LogP contribution in [0.15, 0.2) is 36.9 Å². The second-order valence-electron chi connectivity index (χ2n) is 7.42. The molecule has 3 aromatic heterocycles. The molecule has 2 saturated heterocycles. The number of likely N-dealkylation sites (tertiary alicyclic amines) is 1. The molecule has 2 aliphatic rings. The standard InChI is InChI=1S/C19H20ClN5O/c20-17-7-15(1-4-21-17)16-9-23-25-11-14(8-22-18(16)25)10-24-5-2-19(3-6-24)12-26-13-19/h1,4,7-9,11H,2-3,5-6,10,12-13H2. The summed E-state index contributed by atoms with van der Waals surface area (Å²) < 4.78 is 7.26. The first kappa shape index (κ1) is 16.2. The Bertz CT molecular complexity index is 942. The van der Waals surface area contributed by atoms with Crippen molar-refractivity contribution in [3.05, 3.63) is 47.6 Å². The Kier molecular flexibility index (Phi) is 3.92. The highest BCUT2D eigenvalue weighted by atomic mass is 35.5. The number of nitrogens with zero attached hydrogens (tertiary/aromatic N) is 5. The van der Waals surface area contributed by atoms with Crippen molar-refractivity contribution in [1.29, 1.82) is 0 Å². The van der Waals surface area contributed by atoms with Gasteiger partial charge in [-0.25, -0.2) is 14.5 Å². The van der Waals surface area contributed by atoms with Gasteiger partial charge in [-0.05, 0) is 43.6 Å². The molecule has 6 nitrogen and oxygen atoms in total. The van der Waals surface area contributed by atoms with Gasteiger partial charge in [0.15, 0.2) is 5.65 Å². The third kappa shape index (κ3) is 2.88. The van der Waals surface area contributed by atoms with Gasteiger partial charge in [-0.15, -0.1) is 0 Å². The molecule has 2 fully saturated rings. The maximum absolute atomic E-state index is 6.01. The van der Waals surface area contributed by atoms with E-state index >= 15 is 0 Å². The lowest BCUT2D eigenvalue weighted by atomic mass is 9.77. The van der Waals surface area contributed by atoms with E-state index in [1.807, 2.05) is 29.0 Å². The molecular formula is C19H20ClN5O. The van der Waals surface area contributed by atoms with Crippen LogP contribution in [0.3, 0.4) is 0 Å². The first-order valence-electron chi connectivity index (χ1n) is 8.95. The Labute approximate surface area is 156 Å². The van der Waals surface area contributed by atoms with E-state index in [9.17, 15) is 0 Å². The third-order valence-corrected chi connectivity index (χ3v) is 5.79. The van der Waals surface area contributed by atoms with Crippen molar-refractivity contribution < 1.29 is 4.74 Å². The summed E-state index contributed by atoms with van der Waals surface area (Å²) in [5.74, 6) is 0. The van der Waals surface area contributed by atoms with E-state index in [0.717, 1.165) is 49.6 Å². The van der Waals surface area contributed by atoms with Gasteiger partial charge in [-0.3, -0.25) is 4.90 Å². The van der Waals surface area contributed by atoms with Crippen molar-refractivity contribution in [2.75, 3.05) is 26.3 Å². The van der Waals surface area contributed by atoms with Crippen molar-refractivity contribution in [3.8, 4) is 11.1 Å². The summed E-state index contributed by atoms with van der Waals surface area (Å²) >= 11 is 6.01. The Morgan fingerprint density at radius 1 is 1.15 bits per heavy atom. The molecule has 1 spiro atoms. The highest BCUT2D eigenvalue weighted by molar-refractivity contribution is 6.29. The maximum Gasteiger partial charge on any atom is 0.162 e. The second kappa shape index (κ2) is 6.30. The number of hydrogen-bond acceptors (Lipinski definition) is 5. The van der Waals surface area contributed by atoms with Crippen LogP contribution >= 0.6 is 11.6 Å². The van der Waals surface area contributed by atoms with E-state index in [1.54, 1.807) is 6.20 Å². The Balaban J connectivity index is 1.34. The monoisotopic (exact) mass is 369 g/mol. The van der Waals surface area contributed by atoms with Gasteiger partial charge in [0.25, 0.3) is 0 Å². The predicted molar refractivity (Wildman–Crippen MR) is 99.0 cm³/mol. The number of hydrogen-bond donors (Lipinski definition) is 0. The first-order valence-corrected chi connectivity index (χ1v) is 9.33. The minimum Gasteiger partial charge on any atom is -0.380 e. The van der Waals surface area contributed by atoms with Crippen LogP contribution in [0.2, 0.25) is 5.15 Å². The zero-order valence-corrected chi connectivity index (χ0v) is 15.2. The van der Waals surface area contributed by atoms with Crippen LogP contribution in [0.5, 0.6) is 0 Å². The van der Waals surface area contributed by atoms with Crippen LogP contribution in [0.25, 0.3) is 16.8 Å². The molecule has 134 valence electrons. The van der Waals surface area contributed by atoms with Gasteiger partial charge in [-0.1, -0.05) is 11.6 Å². The lowest BCUT2D eigenvalue weighted by molar-refractivity contribution is -0.140. The maximum atomic E-state index is 6.01.